The van der Waals surface area contributed by atoms with Crippen molar-refractivity contribution in [3.63, 3.8) is 0 Å². The number of halogens is 2. The highest BCUT2D eigenvalue weighted by Crippen LogP contribution is 2.28. The van der Waals surface area contributed by atoms with Crippen LogP contribution in [0.15, 0.2) is 22.7 Å². The van der Waals surface area contributed by atoms with Crippen LogP contribution < -0.4 is 0 Å². The molecule has 20 heavy (non-hydrogen) atoms. The first-order chi connectivity index (χ1) is 9.63. The Morgan fingerprint density at radius 2 is 2.00 bits per heavy atom. The van der Waals surface area contributed by atoms with Crippen LogP contribution in [0, 0.1) is 0 Å². The summed E-state index contributed by atoms with van der Waals surface area (Å²) < 4.78 is 0.807. The first-order valence-corrected chi connectivity index (χ1v) is 8.90. The van der Waals surface area contributed by atoms with Gasteiger partial charge in [0.05, 0.1) is 5.56 Å². The molecule has 1 saturated carbocycles. The molecule has 1 aliphatic rings. The van der Waals surface area contributed by atoms with Crippen LogP contribution in [0.5, 0.6) is 5.75 Å². The number of benzene rings is 1. The highest BCUT2D eigenvalue weighted by molar-refractivity contribution is 9.10. The molecular weight excluding hydrogens is 386 g/mol. The maximum absolute atomic E-state index is 12.7. The van der Waals surface area contributed by atoms with Gasteiger partial charge in [-0.15, -0.1) is 0 Å². The van der Waals surface area contributed by atoms with Gasteiger partial charge in [-0.25, -0.2) is 0 Å². The summed E-state index contributed by atoms with van der Waals surface area (Å²) in [4.78, 5) is 14.6. The average Bonchev–Trinajstić information content (AvgIpc) is 2.47. The van der Waals surface area contributed by atoms with Gasteiger partial charge in [0.1, 0.15) is 5.75 Å². The smallest absolute Gasteiger partial charge is 0.257 e. The Kier molecular flexibility index (Phi) is 5.90. The second kappa shape index (κ2) is 7.46. The molecule has 0 bridgehead atoms. The topological polar surface area (TPSA) is 40.5 Å². The SMILES string of the molecule is O=C(c1cc(Br)ccc1O)N(CCBr)C1CCCCC1. The molecule has 110 valence electrons. The minimum atomic E-state index is -0.0739. The summed E-state index contributed by atoms with van der Waals surface area (Å²) in [5, 5.41) is 10.7. The van der Waals surface area contributed by atoms with E-state index in [-0.39, 0.29) is 11.7 Å². The number of nitrogens with zero attached hydrogens (tertiary/aromatic N) is 1. The Labute approximate surface area is 136 Å². The van der Waals surface area contributed by atoms with E-state index in [0.29, 0.717) is 18.2 Å². The van der Waals surface area contributed by atoms with Crippen molar-refractivity contribution in [1.29, 1.82) is 0 Å². The lowest BCUT2D eigenvalue weighted by Crippen LogP contribution is -2.42. The van der Waals surface area contributed by atoms with Gasteiger partial charge in [-0.3, -0.25) is 4.79 Å². The average molecular weight is 405 g/mol. The molecule has 1 N–H and O–H groups in total. The molecule has 0 aromatic heterocycles. The van der Waals surface area contributed by atoms with Crippen LogP contribution in [0.3, 0.4) is 0 Å². The molecule has 3 nitrogen and oxygen atoms in total. The molecule has 2 rings (SSSR count). The minimum absolute atomic E-state index is 0.0496. The van der Waals surface area contributed by atoms with Gasteiger partial charge in [0.25, 0.3) is 5.91 Å². The molecule has 1 aromatic carbocycles. The zero-order chi connectivity index (χ0) is 14.5. The van der Waals surface area contributed by atoms with E-state index in [1.807, 2.05) is 4.90 Å². The number of amides is 1. The predicted octanol–water partition coefficient (Wildman–Crippen LogP) is 4.32. The molecule has 1 aromatic rings. The third kappa shape index (κ3) is 3.76. The van der Waals surface area contributed by atoms with Crippen molar-refractivity contribution < 1.29 is 9.90 Å². The monoisotopic (exact) mass is 403 g/mol. The number of phenolic OH excluding ortho intramolecular Hbond substituents is 1. The number of rotatable bonds is 4. The van der Waals surface area contributed by atoms with Gasteiger partial charge in [0.15, 0.2) is 0 Å². The van der Waals surface area contributed by atoms with E-state index in [4.69, 9.17) is 0 Å². The molecule has 0 aliphatic heterocycles. The van der Waals surface area contributed by atoms with Gasteiger partial charge >= 0.3 is 0 Å². The maximum atomic E-state index is 12.7. The van der Waals surface area contributed by atoms with Crippen molar-refractivity contribution in [3.8, 4) is 5.75 Å². The largest absolute Gasteiger partial charge is 0.507 e. The lowest BCUT2D eigenvalue weighted by Gasteiger charge is -2.34. The lowest BCUT2D eigenvalue weighted by atomic mass is 9.93. The second-order valence-electron chi connectivity index (χ2n) is 5.14. The fourth-order valence-electron chi connectivity index (χ4n) is 2.77. The van der Waals surface area contributed by atoms with Crippen molar-refractivity contribution in [3.05, 3.63) is 28.2 Å². The van der Waals surface area contributed by atoms with Gasteiger partial charge < -0.3 is 10.0 Å². The van der Waals surface area contributed by atoms with Crippen LogP contribution in [0.4, 0.5) is 0 Å². The van der Waals surface area contributed by atoms with Gasteiger partial charge in [-0.2, -0.15) is 0 Å². The molecule has 1 aliphatic carbocycles. The lowest BCUT2D eigenvalue weighted by molar-refractivity contribution is 0.0648. The van der Waals surface area contributed by atoms with E-state index in [1.54, 1.807) is 18.2 Å². The predicted molar refractivity (Wildman–Crippen MR) is 87.5 cm³/mol. The first-order valence-electron chi connectivity index (χ1n) is 6.99. The third-order valence-electron chi connectivity index (χ3n) is 3.79. The number of hydrogen-bond acceptors (Lipinski definition) is 2. The summed E-state index contributed by atoms with van der Waals surface area (Å²) in [6.45, 7) is 0.676. The van der Waals surface area contributed by atoms with Crippen LogP contribution in [-0.4, -0.2) is 33.8 Å². The van der Waals surface area contributed by atoms with Crippen LogP contribution in [0.25, 0.3) is 0 Å². The number of alkyl halides is 1. The van der Waals surface area contributed by atoms with E-state index < -0.39 is 0 Å². The van der Waals surface area contributed by atoms with Gasteiger partial charge in [-0.05, 0) is 31.0 Å². The molecule has 5 heteroatoms. The number of hydrogen-bond donors (Lipinski definition) is 1. The zero-order valence-corrected chi connectivity index (χ0v) is 14.5. The molecule has 1 amide bonds. The van der Waals surface area contributed by atoms with Crippen molar-refractivity contribution in [2.45, 2.75) is 38.1 Å². The van der Waals surface area contributed by atoms with Gasteiger partial charge in [-0.1, -0.05) is 51.1 Å². The Hall–Kier alpha value is -0.550. The van der Waals surface area contributed by atoms with E-state index in [2.05, 4.69) is 31.9 Å². The van der Waals surface area contributed by atoms with Gasteiger partial charge in [0, 0.05) is 22.4 Å². The Bertz CT molecular complexity index is 473. The van der Waals surface area contributed by atoms with Crippen molar-refractivity contribution in [2.24, 2.45) is 0 Å². The zero-order valence-electron chi connectivity index (χ0n) is 11.3. The summed E-state index contributed by atoms with van der Waals surface area (Å²) >= 11 is 6.78. The second-order valence-corrected chi connectivity index (χ2v) is 6.85. The van der Waals surface area contributed by atoms with E-state index >= 15 is 0 Å². The normalized spacial score (nSPS) is 16.1. The summed E-state index contributed by atoms with van der Waals surface area (Å²) in [6.07, 6.45) is 5.75. The molecule has 0 unspecified atom stereocenters. The highest BCUT2D eigenvalue weighted by Gasteiger charge is 2.27. The van der Waals surface area contributed by atoms with Gasteiger partial charge in [0.2, 0.25) is 0 Å². The maximum Gasteiger partial charge on any atom is 0.257 e. The Morgan fingerprint density at radius 3 is 2.65 bits per heavy atom. The molecule has 0 saturated heterocycles. The molecular formula is C15H19Br2NO2. The molecule has 0 spiro atoms. The van der Waals surface area contributed by atoms with E-state index in [9.17, 15) is 9.90 Å². The van der Waals surface area contributed by atoms with Crippen LogP contribution in [0.1, 0.15) is 42.5 Å². The van der Waals surface area contributed by atoms with Crippen molar-refractivity contribution in [1.82, 2.24) is 4.90 Å². The minimum Gasteiger partial charge on any atom is -0.507 e. The van der Waals surface area contributed by atoms with Crippen LogP contribution in [0.2, 0.25) is 0 Å². The van der Waals surface area contributed by atoms with Crippen LogP contribution >= 0.6 is 31.9 Å². The number of carbonyl (C=O) groups excluding carboxylic acids is 1. The first kappa shape index (κ1) is 15.8. The summed E-state index contributed by atoms with van der Waals surface area (Å²) in [5.41, 5.74) is 0.380. The third-order valence-corrected chi connectivity index (χ3v) is 4.64. The molecule has 0 heterocycles. The quantitative estimate of drug-likeness (QED) is 0.759. The molecule has 0 radical (unpaired) electrons. The highest BCUT2D eigenvalue weighted by atomic mass is 79.9. The Balaban J connectivity index is 2.23. The van der Waals surface area contributed by atoms with Crippen molar-refractivity contribution >= 4 is 37.8 Å². The number of phenols is 1. The van der Waals surface area contributed by atoms with Crippen LogP contribution in [-0.2, 0) is 0 Å². The fraction of sp³-hybridized carbons (Fsp3) is 0.533. The standard InChI is InChI=1S/C15H19Br2NO2/c16-8-9-18(12-4-2-1-3-5-12)15(20)13-10-11(17)6-7-14(13)19/h6-7,10,12,19H,1-5,8-9H2. The van der Waals surface area contributed by atoms with E-state index in [0.717, 1.165) is 22.6 Å². The summed E-state index contributed by atoms with van der Waals surface area (Å²) in [6, 6.07) is 5.29. The summed E-state index contributed by atoms with van der Waals surface area (Å²) in [7, 11) is 0. The molecule has 1 fully saturated rings. The number of carbonyl (C=O) groups is 1. The summed E-state index contributed by atoms with van der Waals surface area (Å²) in [5.74, 6) is -0.0243. The molecule has 0 atom stereocenters. The fourth-order valence-corrected chi connectivity index (χ4v) is 3.51. The number of aromatic hydroxyl groups is 1. The van der Waals surface area contributed by atoms with E-state index in [1.165, 1.54) is 19.3 Å². The van der Waals surface area contributed by atoms with Crippen molar-refractivity contribution in [2.75, 3.05) is 11.9 Å². The Morgan fingerprint density at radius 1 is 1.30 bits per heavy atom.